The zero-order valence-corrected chi connectivity index (χ0v) is 12.1. The van der Waals surface area contributed by atoms with Crippen molar-refractivity contribution < 1.29 is 14.2 Å². The molecule has 1 aromatic rings. The monoisotopic (exact) mass is 277 g/mol. The van der Waals surface area contributed by atoms with Crippen molar-refractivity contribution in [1.82, 2.24) is 0 Å². The third-order valence-electron chi connectivity index (χ3n) is 4.19. The van der Waals surface area contributed by atoms with Crippen molar-refractivity contribution in [3.8, 4) is 5.75 Å². The quantitative estimate of drug-likeness (QED) is 0.912. The normalized spacial score (nSPS) is 29.0. The van der Waals surface area contributed by atoms with Gasteiger partial charge in [-0.15, -0.1) is 0 Å². The van der Waals surface area contributed by atoms with E-state index in [4.69, 9.17) is 19.9 Å². The lowest BCUT2D eigenvalue weighted by atomic mass is 9.96. The Kier molecular flexibility index (Phi) is 3.96. The Morgan fingerprint density at radius 2 is 2.35 bits per heavy atom. The molecule has 0 saturated carbocycles. The van der Waals surface area contributed by atoms with Crippen LogP contribution in [0.2, 0.25) is 0 Å². The molecule has 0 spiro atoms. The molecule has 4 nitrogen and oxygen atoms in total. The molecule has 2 heterocycles. The fourth-order valence-electron chi connectivity index (χ4n) is 2.97. The number of hydrogen-bond acceptors (Lipinski definition) is 4. The van der Waals surface area contributed by atoms with Crippen LogP contribution < -0.4 is 10.5 Å². The highest BCUT2D eigenvalue weighted by Crippen LogP contribution is 2.31. The molecule has 1 fully saturated rings. The molecule has 20 heavy (non-hydrogen) atoms. The second-order valence-electron chi connectivity index (χ2n) is 5.91. The van der Waals surface area contributed by atoms with E-state index in [9.17, 15) is 0 Å². The fraction of sp³-hybridized carbons (Fsp3) is 0.625. The molecule has 0 aliphatic carbocycles. The maximum Gasteiger partial charge on any atom is 0.126 e. The Hall–Kier alpha value is -1.10. The average Bonchev–Trinajstić information content (AvgIpc) is 2.88. The van der Waals surface area contributed by atoms with Gasteiger partial charge in [-0.25, -0.2) is 0 Å². The highest BCUT2D eigenvalue weighted by atomic mass is 16.6. The zero-order chi connectivity index (χ0) is 14.0. The van der Waals surface area contributed by atoms with Gasteiger partial charge >= 0.3 is 0 Å². The van der Waals surface area contributed by atoms with Crippen LogP contribution in [0.15, 0.2) is 18.2 Å². The number of hydrogen-bond donors (Lipinski definition) is 1. The summed E-state index contributed by atoms with van der Waals surface area (Å²) in [6.45, 7) is 4.60. The molecule has 3 rings (SSSR count). The summed E-state index contributed by atoms with van der Waals surface area (Å²) >= 11 is 0. The van der Waals surface area contributed by atoms with E-state index in [0.717, 1.165) is 31.6 Å². The van der Waals surface area contributed by atoms with E-state index in [1.807, 2.05) is 6.07 Å². The molecule has 2 atom stereocenters. The number of rotatable bonds is 4. The van der Waals surface area contributed by atoms with Gasteiger partial charge in [-0.05, 0) is 31.4 Å². The Balaban J connectivity index is 1.57. The summed E-state index contributed by atoms with van der Waals surface area (Å²) in [7, 11) is 0. The summed E-state index contributed by atoms with van der Waals surface area (Å²) in [5.74, 6) is 0.992. The Bertz CT molecular complexity index is 469. The van der Waals surface area contributed by atoms with Gasteiger partial charge in [-0.3, -0.25) is 0 Å². The SMILES string of the molecule is Cc1ccc2c(c1)CC(COC1(CN)CCCOC1)O2. The van der Waals surface area contributed by atoms with Crippen LogP contribution in [-0.4, -0.2) is 38.1 Å². The van der Waals surface area contributed by atoms with Crippen LogP contribution in [-0.2, 0) is 15.9 Å². The molecule has 0 aromatic heterocycles. The van der Waals surface area contributed by atoms with Crippen LogP contribution in [0.1, 0.15) is 24.0 Å². The lowest BCUT2D eigenvalue weighted by molar-refractivity contribution is -0.135. The van der Waals surface area contributed by atoms with Crippen molar-refractivity contribution in [2.75, 3.05) is 26.4 Å². The third-order valence-corrected chi connectivity index (χ3v) is 4.19. The molecule has 1 saturated heterocycles. The van der Waals surface area contributed by atoms with Crippen molar-refractivity contribution in [1.29, 1.82) is 0 Å². The number of fused-ring (bicyclic) bond motifs is 1. The Morgan fingerprint density at radius 1 is 1.45 bits per heavy atom. The van der Waals surface area contributed by atoms with Gasteiger partial charge in [0, 0.05) is 19.6 Å². The number of benzene rings is 1. The van der Waals surface area contributed by atoms with Gasteiger partial charge in [0.2, 0.25) is 0 Å². The molecular formula is C16H23NO3. The van der Waals surface area contributed by atoms with E-state index in [1.165, 1.54) is 11.1 Å². The van der Waals surface area contributed by atoms with Gasteiger partial charge in [-0.1, -0.05) is 17.7 Å². The first kappa shape index (κ1) is 13.9. The summed E-state index contributed by atoms with van der Waals surface area (Å²) in [5.41, 5.74) is 8.12. The van der Waals surface area contributed by atoms with Crippen molar-refractivity contribution >= 4 is 0 Å². The smallest absolute Gasteiger partial charge is 0.126 e. The van der Waals surface area contributed by atoms with E-state index in [2.05, 4.69) is 19.1 Å². The van der Waals surface area contributed by atoms with E-state index >= 15 is 0 Å². The lowest BCUT2D eigenvalue weighted by Crippen LogP contribution is -2.49. The van der Waals surface area contributed by atoms with Gasteiger partial charge < -0.3 is 19.9 Å². The van der Waals surface area contributed by atoms with Gasteiger partial charge in [0.05, 0.1) is 13.2 Å². The van der Waals surface area contributed by atoms with Gasteiger partial charge in [0.15, 0.2) is 0 Å². The molecule has 0 radical (unpaired) electrons. The lowest BCUT2D eigenvalue weighted by Gasteiger charge is -2.36. The molecule has 110 valence electrons. The average molecular weight is 277 g/mol. The van der Waals surface area contributed by atoms with Crippen LogP contribution in [0.25, 0.3) is 0 Å². The Morgan fingerprint density at radius 3 is 3.10 bits per heavy atom. The fourth-order valence-corrected chi connectivity index (χ4v) is 2.97. The van der Waals surface area contributed by atoms with E-state index in [0.29, 0.717) is 19.8 Å². The largest absolute Gasteiger partial charge is 0.487 e. The highest BCUT2D eigenvalue weighted by Gasteiger charge is 2.34. The minimum atomic E-state index is -0.313. The van der Waals surface area contributed by atoms with E-state index in [1.54, 1.807) is 0 Å². The van der Waals surface area contributed by atoms with Gasteiger partial charge in [0.25, 0.3) is 0 Å². The first-order valence-corrected chi connectivity index (χ1v) is 7.39. The summed E-state index contributed by atoms with van der Waals surface area (Å²) < 4.78 is 17.5. The van der Waals surface area contributed by atoms with Gasteiger partial charge in [-0.2, -0.15) is 0 Å². The molecule has 2 aliphatic heterocycles. The number of nitrogens with two attached hydrogens (primary N) is 1. The summed E-state index contributed by atoms with van der Waals surface area (Å²) in [5, 5.41) is 0. The van der Waals surface area contributed by atoms with Crippen molar-refractivity contribution in [2.45, 2.75) is 37.9 Å². The second kappa shape index (κ2) is 5.72. The molecule has 0 bridgehead atoms. The maximum atomic E-state index is 6.09. The first-order valence-electron chi connectivity index (χ1n) is 7.39. The minimum Gasteiger partial charge on any atom is -0.487 e. The molecule has 2 N–H and O–H groups in total. The standard InChI is InChI=1S/C16H23NO3/c1-12-3-4-15-13(7-12)8-14(20-15)9-19-16(10-17)5-2-6-18-11-16/h3-4,7,14H,2,5-6,8-11,17H2,1H3. The first-order chi connectivity index (χ1) is 9.71. The minimum absolute atomic E-state index is 0.0946. The van der Waals surface area contributed by atoms with Crippen LogP contribution in [0.4, 0.5) is 0 Å². The van der Waals surface area contributed by atoms with Crippen LogP contribution in [0, 0.1) is 6.92 Å². The predicted octanol–water partition coefficient (Wildman–Crippen LogP) is 1.82. The second-order valence-corrected chi connectivity index (χ2v) is 5.91. The topological polar surface area (TPSA) is 53.7 Å². The third kappa shape index (κ3) is 2.82. The number of aryl methyl sites for hydroxylation is 1. The summed E-state index contributed by atoms with van der Waals surface area (Å²) in [6.07, 6.45) is 3.00. The predicted molar refractivity (Wildman–Crippen MR) is 77.1 cm³/mol. The van der Waals surface area contributed by atoms with Crippen LogP contribution in [0.5, 0.6) is 5.75 Å². The molecule has 2 aliphatic rings. The molecule has 1 aromatic carbocycles. The molecule has 0 amide bonds. The molecule has 4 heteroatoms. The van der Waals surface area contributed by atoms with E-state index in [-0.39, 0.29) is 11.7 Å². The van der Waals surface area contributed by atoms with Crippen LogP contribution in [0.3, 0.4) is 0 Å². The zero-order valence-electron chi connectivity index (χ0n) is 12.1. The molecule has 2 unspecified atom stereocenters. The van der Waals surface area contributed by atoms with Gasteiger partial charge in [0.1, 0.15) is 17.5 Å². The van der Waals surface area contributed by atoms with Crippen molar-refractivity contribution in [3.05, 3.63) is 29.3 Å². The summed E-state index contributed by atoms with van der Waals surface area (Å²) in [6, 6.07) is 6.32. The van der Waals surface area contributed by atoms with Crippen molar-refractivity contribution in [2.24, 2.45) is 5.73 Å². The summed E-state index contributed by atoms with van der Waals surface area (Å²) in [4.78, 5) is 0. The molecular weight excluding hydrogens is 254 g/mol. The highest BCUT2D eigenvalue weighted by molar-refractivity contribution is 5.40. The number of ether oxygens (including phenoxy) is 3. The van der Waals surface area contributed by atoms with Crippen LogP contribution >= 0.6 is 0 Å². The Labute approximate surface area is 120 Å². The maximum absolute atomic E-state index is 6.09. The van der Waals surface area contributed by atoms with Crippen molar-refractivity contribution in [3.63, 3.8) is 0 Å². The van der Waals surface area contributed by atoms with E-state index < -0.39 is 0 Å².